The van der Waals surface area contributed by atoms with E-state index in [9.17, 15) is 18.0 Å². The zero-order chi connectivity index (χ0) is 21.0. The number of aryl methyl sites for hydroxylation is 1. The van der Waals surface area contributed by atoms with Gasteiger partial charge in [0.05, 0.1) is 28.9 Å². The molecule has 1 N–H and O–H groups in total. The van der Waals surface area contributed by atoms with Crippen LogP contribution in [0.25, 0.3) is 0 Å². The SMILES string of the molecule is Cc1ccc(C(=O)NC2CCC(Oc3ccc(C#N)c(C(F)(F)F)c3)CC2)cn1. The van der Waals surface area contributed by atoms with Crippen LogP contribution < -0.4 is 10.1 Å². The smallest absolute Gasteiger partial charge is 0.417 e. The molecule has 1 aromatic heterocycles. The second-order valence-electron chi connectivity index (χ2n) is 7.07. The molecule has 8 heteroatoms. The molecule has 0 unspecified atom stereocenters. The van der Waals surface area contributed by atoms with Crippen molar-refractivity contribution in [1.29, 1.82) is 5.26 Å². The monoisotopic (exact) mass is 403 g/mol. The van der Waals surface area contributed by atoms with Crippen LogP contribution in [0.4, 0.5) is 13.2 Å². The van der Waals surface area contributed by atoms with Gasteiger partial charge < -0.3 is 10.1 Å². The first-order chi connectivity index (χ1) is 13.8. The van der Waals surface area contributed by atoms with Crippen LogP contribution in [0.2, 0.25) is 0 Å². The number of nitrogens with one attached hydrogen (secondary N) is 1. The molecular weight excluding hydrogens is 383 g/mol. The van der Waals surface area contributed by atoms with E-state index in [1.165, 1.54) is 12.3 Å². The van der Waals surface area contributed by atoms with Crippen molar-refractivity contribution >= 4 is 5.91 Å². The quantitative estimate of drug-likeness (QED) is 0.821. The van der Waals surface area contributed by atoms with Gasteiger partial charge in [0.15, 0.2) is 0 Å². The molecule has 1 aliphatic carbocycles. The van der Waals surface area contributed by atoms with E-state index in [1.54, 1.807) is 18.2 Å². The first kappa shape index (κ1) is 20.6. The summed E-state index contributed by atoms with van der Waals surface area (Å²) in [5.74, 6) is -0.0988. The molecule has 1 saturated carbocycles. The minimum atomic E-state index is -4.61. The predicted molar refractivity (Wildman–Crippen MR) is 99.3 cm³/mol. The minimum absolute atomic E-state index is 0.0182. The second kappa shape index (κ2) is 8.52. The summed E-state index contributed by atoms with van der Waals surface area (Å²) in [6.45, 7) is 1.84. The summed E-state index contributed by atoms with van der Waals surface area (Å²) >= 11 is 0. The maximum absolute atomic E-state index is 13.1. The highest BCUT2D eigenvalue weighted by Crippen LogP contribution is 2.35. The highest BCUT2D eigenvalue weighted by molar-refractivity contribution is 5.94. The zero-order valence-electron chi connectivity index (χ0n) is 15.8. The van der Waals surface area contributed by atoms with Crippen LogP contribution in [0, 0.1) is 18.3 Å². The molecule has 1 heterocycles. The van der Waals surface area contributed by atoms with E-state index in [-0.39, 0.29) is 23.8 Å². The van der Waals surface area contributed by atoms with Crippen LogP contribution >= 0.6 is 0 Å². The number of benzene rings is 1. The Labute approximate surface area is 166 Å². The van der Waals surface area contributed by atoms with Gasteiger partial charge in [0.25, 0.3) is 5.91 Å². The number of hydrogen-bond donors (Lipinski definition) is 1. The second-order valence-corrected chi connectivity index (χ2v) is 7.07. The zero-order valence-corrected chi connectivity index (χ0v) is 15.8. The van der Waals surface area contributed by atoms with Crippen LogP contribution in [-0.4, -0.2) is 23.0 Å². The summed E-state index contributed by atoms with van der Waals surface area (Å²) in [6, 6.07) is 8.40. The molecule has 0 atom stereocenters. The van der Waals surface area contributed by atoms with Crippen molar-refractivity contribution in [1.82, 2.24) is 10.3 Å². The Morgan fingerprint density at radius 3 is 2.52 bits per heavy atom. The Bertz CT molecular complexity index is 912. The van der Waals surface area contributed by atoms with Gasteiger partial charge in [-0.25, -0.2) is 0 Å². The lowest BCUT2D eigenvalue weighted by atomic mass is 9.92. The normalized spacial score (nSPS) is 19.3. The van der Waals surface area contributed by atoms with Crippen molar-refractivity contribution in [2.45, 2.75) is 50.9 Å². The van der Waals surface area contributed by atoms with Gasteiger partial charge in [0.1, 0.15) is 5.75 Å². The molecule has 1 amide bonds. The van der Waals surface area contributed by atoms with Crippen LogP contribution in [0.3, 0.4) is 0 Å². The van der Waals surface area contributed by atoms with Crippen LogP contribution in [0.15, 0.2) is 36.5 Å². The Kier molecular flexibility index (Phi) is 6.06. The average molecular weight is 403 g/mol. The maximum atomic E-state index is 13.1. The summed E-state index contributed by atoms with van der Waals surface area (Å²) in [5.41, 5.74) is -0.103. The van der Waals surface area contributed by atoms with E-state index in [0.29, 0.717) is 31.2 Å². The van der Waals surface area contributed by atoms with Crippen molar-refractivity contribution in [2.24, 2.45) is 0 Å². The van der Waals surface area contributed by atoms with E-state index in [4.69, 9.17) is 10.00 Å². The average Bonchev–Trinajstić information content (AvgIpc) is 2.69. The fourth-order valence-electron chi connectivity index (χ4n) is 3.32. The van der Waals surface area contributed by atoms with Crippen molar-refractivity contribution < 1.29 is 22.7 Å². The molecule has 1 aliphatic rings. The summed E-state index contributed by atoms with van der Waals surface area (Å²) in [4.78, 5) is 16.4. The number of halogens is 3. The van der Waals surface area contributed by atoms with Crippen LogP contribution in [0.5, 0.6) is 5.75 Å². The number of nitrogens with zero attached hydrogens (tertiary/aromatic N) is 2. The van der Waals surface area contributed by atoms with Gasteiger partial charge in [-0.1, -0.05) is 0 Å². The van der Waals surface area contributed by atoms with E-state index >= 15 is 0 Å². The van der Waals surface area contributed by atoms with Gasteiger partial charge in [-0.15, -0.1) is 0 Å². The van der Waals surface area contributed by atoms with E-state index < -0.39 is 17.3 Å². The number of pyridine rings is 1. The number of rotatable bonds is 4. The number of aromatic nitrogens is 1. The maximum Gasteiger partial charge on any atom is 0.417 e. The van der Waals surface area contributed by atoms with Gasteiger partial charge in [0.2, 0.25) is 0 Å². The molecule has 3 rings (SSSR count). The largest absolute Gasteiger partial charge is 0.490 e. The van der Waals surface area contributed by atoms with Gasteiger partial charge in [-0.05, 0) is 62.9 Å². The summed E-state index contributed by atoms with van der Waals surface area (Å²) in [5, 5.41) is 11.8. The third-order valence-corrected chi connectivity index (χ3v) is 4.90. The van der Waals surface area contributed by atoms with Gasteiger partial charge in [-0.2, -0.15) is 18.4 Å². The number of nitriles is 1. The molecule has 0 bridgehead atoms. The van der Waals surface area contributed by atoms with Gasteiger partial charge in [-0.3, -0.25) is 9.78 Å². The van der Waals surface area contributed by atoms with Gasteiger partial charge >= 0.3 is 6.18 Å². The van der Waals surface area contributed by atoms with Crippen molar-refractivity contribution in [3.8, 4) is 11.8 Å². The molecule has 2 aromatic rings. The number of amides is 1. The highest BCUT2D eigenvalue weighted by Gasteiger charge is 2.34. The highest BCUT2D eigenvalue weighted by atomic mass is 19.4. The third kappa shape index (κ3) is 5.25. The standard InChI is InChI=1S/C21H20F3N3O2/c1-13-2-3-15(12-26-13)20(28)27-16-5-8-17(9-6-16)29-18-7-4-14(11-25)19(10-18)21(22,23)24/h2-4,7,10,12,16-17H,5-6,8-9H2,1H3,(H,27,28). The van der Waals surface area contributed by atoms with Crippen LogP contribution in [0.1, 0.15) is 52.9 Å². The minimum Gasteiger partial charge on any atom is -0.490 e. The number of carbonyl (C=O) groups excluding carboxylic acids is 1. The Balaban J connectivity index is 1.55. The summed E-state index contributed by atoms with van der Waals surface area (Å²) in [6.07, 6.45) is -0.773. The topological polar surface area (TPSA) is 75.0 Å². The number of carbonyl (C=O) groups is 1. The molecule has 0 aliphatic heterocycles. The van der Waals surface area contributed by atoms with Gasteiger partial charge in [0, 0.05) is 17.9 Å². The predicted octanol–water partition coefficient (Wildman–Crippen LogP) is 4.40. The van der Waals surface area contributed by atoms with E-state index in [1.807, 2.05) is 6.92 Å². The third-order valence-electron chi connectivity index (χ3n) is 4.90. The molecule has 0 spiro atoms. The molecule has 5 nitrogen and oxygen atoms in total. The fraction of sp³-hybridized carbons (Fsp3) is 0.381. The summed E-state index contributed by atoms with van der Waals surface area (Å²) < 4.78 is 44.9. The van der Waals surface area contributed by atoms with Crippen molar-refractivity contribution in [3.05, 3.63) is 58.9 Å². The van der Waals surface area contributed by atoms with Crippen molar-refractivity contribution in [2.75, 3.05) is 0 Å². The number of hydrogen-bond acceptors (Lipinski definition) is 4. The van der Waals surface area contributed by atoms with Crippen molar-refractivity contribution in [3.63, 3.8) is 0 Å². The molecule has 1 fully saturated rings. The lowest BCUT2D eigenvalue weighted by Gasteiger charge is -2.29. The molecule has 152 valence electrons. The molecule has 29 heavy (non-hydrogen) atoms. The molecule has 1 aromatic carbocycles. The lowest BCUT2D eigenvalue weighted by Crippen LogP contribution is -2.39. The summed E-state index contributed by atoms with van der Waals surface area (Å²) in [7, 11) is 0. The first-order valence-electron chi connectivity index (χ1n) is 9.28. The number of ether oxygens (including phenoxy) is 1. The molecule has 0 saturated heterocycles. The number of alkyl halides is 3. The molecule has 0 radical (unpaired) electrons. The Hall–Kier alpha value is -3.08. The first-order valence-corrected chi connectivity index (χ1v) is 9.28. The van der Waals surface area contributed by atoms with E-state index in [2.05, 4.69) is 10.3 Å². The molecular formula is C21H20F3N3O2. The van der Waals surface area contributed by atoms with Crippen LogP contribution in [-0.2, 0) is 6.18 Å². The Morgan fingerprint density at radius 1 is 1.21 bits per heavy atom. The fourth-order valence-corrected chi connectivity index (χ4v) is 3.32. The lowest BCUT2D eigenvalue weighted by molar-refractivity contribution is -0.137. The Morgan fingerprint density at radius 2 is 1.93 bits per heavy atom. The van der Waals surface area contributed by atoms with E-state index in [0.717, 1.165) is 17.8 Å².